The number of carbonyl (C=O) groups excluding carboxylic acids is 1. The molecule has 0 aromatic heterocycles. The summed E-state index contributed by atoms with van der Waals surface area (Å²) in [4.78, 5) is 13.4. The monoisotopic (exact) mass is 275 g/mol. The number of rotatable bonds is 7. The van der Waals surface area contributed by atoms with E-state index in [-0.39, 0.29) is 18.5 Å². The SMILES string of the molecule is Cc1ccc(N(CC(N)=O)C(C)C)c(CNC2CC2)c1. The Morgan fingerprint density at radius 1 is 1.45 bits per heavy atom. The number of nitrogens with two attached hydrogens (primary N) is 1. The van der Waals surface area contributed by atoms with E-state index in [9.17, 15) is 4.79 Å². The lowest BCUT2D eigenvalue weighted by Crippen LogP contribution is -2.39. The summed E-state index contributed by atoms with van der Waals surface area (Å²) in [7, 11) is 0. The molecule has 1 fully saturated rings. The smallest absolute Gasteiger partial charge is 0.236 e. The van der Waals surface area contributed by atoms with Crippen LogP contribution in [0.5, 0.6) is 0 Å². The van der Waals surface area contributed by atoms with Gasteiger partial charge in [0.05, 0.1) is 6.54 Å². The van der Waals surface area contributed by atoms with Gasteiger partial charge in [-0.25, -0.2) is 0 Å². The van der Waals surface area contributed by atoms with Crippen LogP contribution in [0.15, 0.2) is 18.2 Å². The Kier molecular flexibility index (Phi) is 4.65. The second-order valence-corrected chi connectivity index (χ2v) is 5.98. The highest BCUT2D eigenvalue weighted by Crippen LogP contribution is 2.26. The van der Waals surface area contributed by atoms with Crippen LogP contribution in [0.2, 0.25) is 0 Å². The van der Waals surface area contributed by atoms with Crippen LogP contribution in [0, 0.1) is 6.92 Å². The van der Waals surface area contributed by atoms with Crippen molar-refractivity contribution in [2.75, 3.05) is 11.4 Å². The van der Waals surface area contributed by atoms with Crippen LogP contribution in [0.3, 0.4) is 0 Å². The van der Waals surface area contributed by atoms with E-state index in [0.29, 0.717) is 6.04 Å². The maximum atomic E-state index is 11.3. The fraction of sp³-hybridized carbons (Fsp3) is 0.562. The molecule has 1 aromatic carbocycles. The van der Waals surface area contributed by atoms with E-state index in [0.717, 1.165) is 12.2 Å². The predicted octanol–water partition coefficient (Wildman–Crippen LogP) is 1.95. The summed E-state index contributed by atoms with van der Waals surface area (Å²) in [5, 5.41) is 3.54. The molecule has 1 aliphatic rings. The molecular formula is C16H25N3O. The van der Waals surface area contributed by atoms with Crippen molar-refractivity contribution >= 4 is 11.6 Å². The predicted molar refractivity (Wildman–Crippen MR) is 82.7 cm³/mol. The number of hydrogen-bond acceptors (Lipinski definition) is 3. The number of carbonyl (C=O) groups is 1. The van der Waals surface area contributed by atoms with E-state index in [1.54, 1.807) is 0 Å². The molecule has 1 aliphatic carbocycles. The van der Waals surface area contributed by atoms with Crippen LogP contribution in [0.4, 0.5) is 5.69 Å². The molecule has 4 heteroatoms. The Labute approximate surface area is 121 Å². The third-order valence-corrected chi connectivity index (χ3v) is 3.65. The van der Waals surface area contributed by atoms with E-state index in [1.165, 1.54) is 24.0 Å². The molecule has 4 nitrogen and oxygen atoms in total. The number of hydrogen-bond donors (Lipinski definition) is 2. The van der Waals surface area contributed by atoms with E-state index in [1.807, 2.05) is 0 Å². The molecule has 1 saturated carbocycles. The molecule has 20 heavy (non-hydrogen) atoms. The second-order valence-electron chi connectivity index (χ2n) is 5.98. The van der Waals surface area contributed by atoms with Gasteiger partial charge in [0.15, 0.2) is 0 Å². The minimum absolute atomic E-state index is 0.241. The average molecular weight is 275 g/mol. The van der Waals surface area contributed by atoms with Gasteiger partial charge in [0.1, 0.15) is 0 Å². The first kappa shape index (κ1) is 14.9. The largest absolute Gasteiger partial charge is 0.368 e. The molecule has 110 valence electrons. The zero-order chi connectivity index (χ0) is 14.7. The van der Waals surface area contributed by atoms with Gasteiger partial charge in [-0.3, -0.25) is 4.79 Å². The van der Waals surface area contributed by atoms with Gasteiger partial charge in [-0.15, -0.1) is 0 Å². The number of nitrogens with zero attached hydrogens (tertiary/aromatic N) is 1. The van der Waals surface area contributed by atoms with Crippen molar-refractivity contribution in [1.82, 2.24) is 5.32 Å². The number of aryl methyl sites for hydroxylation is 1. The van der Waals surface area contributed by atoms with Crippen molar-refractivity contribution in [3.8, 4) is 0 Å². The number of nitrogens with one attached hydrogen (secondary N) is 1. The Morgan fingerprint density at radius 3 is 2.70 bits per heavy atom. The zero-order valence-corrected chi connectivity index (χ0v) is 12.6. The maximum Gasteiger partial charge on any atom is 0.236 e. The topological polar surface area (TPSA) is 58.4 Å². The van der Waals surface area contributed by atoms with Crippen LogP contribution >= 0.6 is 0 Å². The maximum absolute atomic E-state index is 11.3. The average Bonchev–Trinajstić information content (AvgIpc) is 3.17. The Bertz CT molecular complexity index is 481. The fourth-order valence-corrected chi connectivity index (χ4v) is 2.39. The van der Waals surface area contributed by atoms with Crippen molar-refractivity contribution < 1.29 is 4.79 Å². The summed E-state index contributed by atoms with van der Waals surface area (Å²) in [5.41, 5.74) is 8.98. The molecule has 0 heterocycles. The third-order valence-electron chi connectivity index (χ3n) is 3.65. The van der Waals surface area contributed by atoms with Gasteiger partial charge in [0.2, 0.25) is 5.91 Å². The molecule has 0 aliphatic heterocycles. The Balaban J connectivity index is 2.23. The standard InChI is InChI=1S/C16H25N3O/c1-11(2)19(10-16(17)20)15-7-4-12(3)8-13(15)9-18-14-5-6-14/h4,7-8,11,14,18H,5-6,9-10H2,1-3H3,(H2,17,20). The van der Waals surface area contributed by atoms with Crippen molar-refractivity contribution in [2.45, 2.75) is 52.2 Å². The van der Waals surface area contributed by atoms with E-state index < -0.39 is 0 Å². The van der Waals surface area contributed by atoms with E-state index in [2.05, 4.69) is 49.2 Å². The van der Waals surface area contributed by atoms with Crippen molar-refractivity contribution in [2.24, 2.45) is 5.73 Å². The minimum Gasteiger partial charge on any atom is -0.368 e. The van der Waals surface area contributed by atoms with Gasteiger partial charge in [0.25, 0.3) is 0 Å². The molecule has 0 spiro atoms. The molecule has 0 bridgehead atoms. The van der Waals surface area contributed by atoms with Crippen molar-refractivity contribution in [3.63, 3.8) is 0 Å². The highest BCUT2D eigenvalue weighted by molar-refractivity contribution is 5.80. The fourth-order valence-electron chi connectivity index (χ4n) is 2.39. The Morgan fingerprint density at radius 2 is 2.15 bits per heavy atom. The van der Waals surface area contributed by atoms with Gasteiger partial charge < -0.3 is 16.0 Å². The lowest BCUT2D eigenvalue weighted by molar-refractivity contribution is -0.116. The van der Waals surface area contributed by atoms with Crippen LogP contribution in [0.25, 0.3) is 0 Å². The molecule has 1 amide bonds. The number of anilines is 1. The van der Waals surface area contributed by atoms with Crippen LogP contribution in [0.1, 0.15) is 37.8 Å². The summed E-state index contributed by atoms with van der Waals surface area (Å²) < 4.78 is 0. The molecular weight excluding hydrogens is 250 g/mol. The van der Waals surface area contributed by atoms with Crippen LogP contribution in [-0.4, -0.2) is 24.5 Å². The van der Waals surface area contributed by atoms with Gasteiger partial charge in [-0.05, 0) is 45.2 Å². The summed E-state index contributed by atoms with van der Waals surface area (Å²) in [5.74, 6) is -0.291. The summed E-state index contributed by atoms with van der Waals surface area (Å²) in [6.45, 7) is 7.38. The van der Waals surface area contributed by atoms with Crippen LogP contribution < -0.4 is 16.0 Å². The normalized spacial score (nSPS) is 14.6. The first-order valence-electron chi connectivity index (χ1n) is 7.35. The third kappa shape index (κ3) is 3.97. The van der Waals surface area contributed by atoms with Gasteiger partial charge in [-0.2, -0.15) is 0 Å². The molecule has 0 radical (unpaired) electrons. The zero-order valence-electron chi connectivity index (χ0n) is 12.6. The van der Waals surface area contributed by atoms with Crippen LogP contribution in [-0.2, 0) is 11.3 Å². The molecule has 3 N–H and O–H groups in total. The van der Waals surface area contributed by atoms with E-state index >= 15 is 0 Å². The molecule has 0 atom stereocenters. The molecule has 1 aromatic rings. The summed E-state index contributed by atoms with van der Waals surface area (Å²) in [6.07, 6.45) is 2.55. The lowest BCUT2D eigenvalue weighted by Gasteiger charge is -2.30. The first-order chi connectivity index (χ1) is 9.47. The number of benzene rings is 1. The van der Waals surface area contributed by atoms with E-state index in [4.69, 9.17) is 5.73 Å². The summed E-state index contributed by atoms with van der Waals surface area (Å²) in [6, 6.07) is 7.30. The molecule has 0 unspecified atom stereocenters. The first-order valence-corrected chi connectivity index (χ1v) is 7.35. The highest BCUT2D eigenvalue weighted by Gasteiger charge is 2.22. The highest BCUT2D eigenvalue weighted by atomic mass is 16.1. The summed E-state index contributed by atoms with van der Waals surface area (Å²) >= 11 is 0. The van der Waals surface area contributed by atoms with Crippen molar-refractivity contribution in [1.29, 1.82) is 0 Å². The van der Waals surface area contributed by atoms with Crippen molar-refractivity contribution in [3.05, 3.63) is 29.3 Å². The number of primary amides is 1. The second kappa shape index (κ2) is 6.27. The Hall–Kier alpha value is -1.55. The van der Waals surface area contributed by atoms with Gasteiger partial charge in [-0.1, -0.05) is 17.7 Å². The molecule has 0 saturated heterocycles. The van der Waals surface area contributed by atoms with Gasteiger partial charge >= 0.3 is 0 Å². The number of amides is 1. The van der Waals surface area contributed by atoms with Gasteiger partial charge in [0, 0.05) is 24.3 Å². The quantitative estimate of drug-likeness (QED) is 0.799. The lowest BCUT2D eigenvalue weighted by atomic mass is 10.1. The minimum atomic E-state index is -0.291. The molecule has 2 rings (SSSR count).